The first-order chi connectivity index (χ1) is 11.3. The number of rotatable bonds is 3. The molecule has 1 fully saturated rings. The molecule has 0 saturated carbocycles. The van der Waals surface area contributed by atoms with Crippen LogP contribution in [0.2, 0.25) is 0 Å². The van der Waals surface area contributed by atoms with E-state index >= 15 is 0 Å². The molecule has 2 aromatic heterocycles. The molecule has 1 aliphatic heterocycles. The zero-order valence-corrected chi connectivity index (χ0v) is 14.5. The van der Waals surface area contributed by atoms with E-state index in [0.717, 1.165) is 37.5 Å². The summed E-state index contributed by atoms with van der Waals surface area (Å²) in [6, 6.07) is 10.8. The highest BCUT2D eigenvalue weighted by Gasteiger charge is 2.27. The highest BCUT2D eigenvalue weighted by atomic mass is 35.5. The molecule has 1 atom stereocenters. The van der Waals surface area contributed by atoms with Gasteiger partial charge in [0.2, 0.25) is 0 Å². The number of nitrogens with one attached hydrogen (secondary N) is 1. The largest absolute Gasteiger partial charge is 0.337 e. The number of nitrogens with zero attached hydrogens (tertiary/aromatic N) is 4. The fraction of sp³-hybridized carbons (Fsp3) is 0.333. The Morgan fingerprint density at radius 3 is 2.88 bits per heavy atom. The molecule has 1 N–H and O–H groups in total. The molecule has 0 aliphatic carbocycles. The summed E-state index contributed by atoms with van der Waals surface area (Å²) in [6.45, 7) is 3.86. The average Bonchev–Trinajstić information content (AvgIpc) is 3.02. The van der Waals surface area contributed by atoms with Crippen LogP contribution in [0.15, 0.2) is 48.9 Å². The van der Waals surface area contributed by atoms with E-state index in [-0.39, 0.29) is 12.4 Å². The second-order valence-electron chi connectivity index (χ2n) is 6.08. The number of benzene rings is 1. The summed E-state index contributed by atoms with van der Waals surface area (Å²) in [5, 5.41) is 4.70. The Balaban J connectivity index is 0.00000169. The Labute approximate surface area is 148 Å². The number of imidazole rings is 1. The topological polar surface area (TPSA) is 46.0 Å². The van der Waals surface area contributed by atoms with Crippen molar-refractivity contribution in [2.24, 2.45) is 7.05 Å². The summed E-state index contributed by atoms with van der Waals surface area (Å²) in [7, 11) is 2.06. The van der Waals surface area contributed by atoms with Gasteiger partial charge in [-0.15, -0.1) is 12.4 Å². The zero-order valence-electron chi connectivity index (χ0n) is 13.7. The third-order valence-corrected chi connectivity index (χ3v) is 4.60. The molecule has 3 heterocycles. The predicted octanol–water partition coefficient (Wildman–Crippen LogP) is 2.54. The quantitative estimate of drug-likeness (QED) is 0.794. The van der Waals surface area contributed by atoms with Crippen molar-refractivity contribution in [1.29, 1.82) is 0 Å². The van der Waals surface area contributed by atoms with Crippen LogP contribution in [0.25, 0.3) is 10.9 Å². The maximum atomic E-state index is 4.59. The fourth-order valence-corrected chi connectivity index (χ4v) is 3.40. The third kappa shape index (κ3) is 3.15. The number of para-hydroxylation sites is 1. The van der Waals surface area contributed by atoms with Crippen LogP contribution in [0.1, 0.15) is 17.4 Å². The van der Waals surface area contributed by atoms with Crippen LogP contribution in [0.4, 0.5) is 0 Å². The van der Waals surface area contributed by atoms with E-state index in [1.54, 1.807) is 0 Å². The van der Waals surface area contributed by atoms with Crippen LogP contribution in [0, 0.1) is 0 Å². The summed E-state index contributed by atoms with van der Waals surface area (Å²) >= 11 is 0. The highest BCUT2D eigenvalue weighted by Crippen LogP contribution is 2.25. The normalized spacial score (nSPS) is 18.5. The van der Waals surface area contributed by atoms with Gasteiger partial charge in [-0.3, -0.25) is 9.88 Å². The smallest absolute Gasteiger partial charge is 0.127 e. The number of piperazine rings is 1. The van der Waals surface area contributed by atoms with Gasteiger partial charge in [0, 0.05) is 57.2 Å². The summed E-state index contributed by atoms with van der Waals surface area (Å²) in [6.07, 6.45) is 5.77. The number of aromatic nitrogens is 3. The van der Waals surface area contributed by atoms with Crippen molar-refractivity contribution in [2.75, 3.05) is 19.6 Å². The Bertz CT molecular complexity index is 811. The van der Waals surface area contributed by atoms with E-state index in [1.165, 1.54) is 10.9 Å². The van der Waals surface area contributed by atoms with Crippen LogP contribution in [-0.4, -0.2) is 39.1 Å². The minimum absolute atomic E-state index is 0. The Kier molecular flexibility index (Phi) is 5.14. The van der Waals surface area contributed by atoms with Crippen molar-refractivity contribution in [3.8, 4) is 0 Å². The van der Waals surface area contributed by atoms with Crippen molar-refractivity contribution in [3.05, 3.63) is 60.3 Å². The van der Waals surface area contributed by atoms with Crippen molar-refractivity contribution < 1.29 is 0 Å². The van der Waals surface area contributed by atoms with Gasteiger partial charge in [0.15, 0.2) is 0 Å². The molecule has 1 unspecified atom stereocenters. The summed E-state index contributed by atoms with van der Waals surface area (Å²) in [4.78, 5) is 11.7. The number of hydrogen-bond acceptors (Lipinski definition) is 4. The number of aryl methyl sites for hydroxylation is 1. The molecule has 0 amide bonds. The van der Waals surface area contributed by atoms with Gasteiger partial charge in [-0.25, -0.2) is 4.98 Å². The van der Waals surface area contributed by atoms with Gasteiger partial charge in [-0.05, 0) is 11.6 Å². The van der Waals surface area contributed by atoms with Crippen LogP contribution in [0.5, 0.6) is 0 Å². The maximum absolute atomic E-state index is 4.59. The van der Waals surface area contributed by atoms with Crippen LogP contribution >= 0.6 is 12.4 Å². The second kappa shape index (κ2) is 7.30. The van der Waals surface area contributed by atoms with Crippen molar-refractivity contribution in [2.45, 2.75) is 12.6 Å². The van der Waals surface area contributed by atoms with Crippen LogP contribution in [-0.2, 0) is 13.6 Å². The number of halogens is 1. The van der Waals surface area contributed by atoms with E-state index in [2.05, 4.69) is 56.1 Å². The van der Waals surface area contributed by atoms with Crippen molar-refractivity contribution in [3.63, 3.8) is 0 Å². The van der Waals surface area contributed by atoms with Crippen molar-refractivity contribution >= 4 is 23.3 Å². The SMILES string of the molecule is Cl.Cn1ccnc1C1CNCCN1Cc1cccc2cccnc12. The predicted molar refractivity (Wildman–Crippen MR) is 98.2 cm³/mol. The number of fused-ring (bicyclic) bond motifs is 1. The van der Waals surface area contributed by atoms with Gasteiger partial charge in [0.1, 0.15) is 5.82 Å². The molecule has 1 aliphatic rings. The van der Waals surface area contributed by atoms with E-state index < -0.39 is 0 Å². The first-order valence-corrected chi connectivity index (χ1v) is 8.07. The highest BCUT2D eigenvalue weighted by molar-refractivity contribution is 5.85. The monoisotopic (exact) mass is 343 g/mol. The first-order valence-electron chi connectivity index (χ1n) is 8.07. The lowest BCUT2D eigenvalue weighted by atomic mass is 10.1. The summed E-state index contributed by atoms with van der Waals surface area (Å²) < 4.78 is 2.12. The molecule has 126 valence electrons. The van der Waals surface area contributed by atoms with Gasteiger partial charge in [-0.1, -0.05) is 24.3 Å². The molecular formula is C18H22ClN5. The molecule has 1 saturated heterocycles. The van der Waals surface area contributed by atoms with E-state index in [9.17, 15) is 0 Å². The summed E-state index contributed by atoms with van der Waals surface area (Å²) in [5.41, 5.74) is 2.39. The summed E-state index contributed by atoms with van der Waals surface area (Å²) in [5.74, 6) is 1.12. The Hall–Kier alpha value is -1.95. The molecule has 0 radical (unpaired) electrons. The lowest BCUT2D eigenvalue weighted by molar-refractivity contribution is 0.145. The number of pyridine rings is 1. The van der Waals surface area contributed by atoms with Crippen LogP contribution in [0.3, 0.4) is 0 Å². The molecule has 6 heteroatoms. The minimum atomic E-state index is 0. The van der Waals surface area contributed by atoms with Gasteiger partial charge < -0.3 is 9.88 Å². The molecule has 0 bridgehead atoms. The average molecular weight is 344 g/mol. The molecule has 3 aromatic rings. The Morgan fingerprint density at radius 2 is 2.04 bits per heavy atom. The van der Waals surface area contributed by atoms with Gasteiger partial charge in [-0.2, -0.15) is 0 Å². The van der Waals surface area contributed by atoms with Gasteiger partial charge in [0.05, 0.1) is 11.6 Å². The van der Waals surface area contributed by atoms with Crippen LogP contribution < -0.4 is 5.32 Å². The molecular weight excluding hydrogens is 322 g/mol. The van der Waals surface area contributed by atoms with E-state index in [1.807, 2.05) is 24.7 Å². The minimum Gasteiger partial charge on any atom is -0.337 e. The van der Waals surface area contributed by atoms with E-state index in [4.69, 9.17) is 0 Å². The van der Waals surface area contributed by atoms with Gasteiger partial charge >= 0.3 is 0 Å². The lowest BCUT2D eigenvalue weighted by Gasteiger charge is -2.35. The van der Waals surface area contributed by atoms with Crippen molar-refractivity contribution in [1.82, 2.24) is 24.8 Å². The first kappa shape index (κ1) is 16.9. The fourth-order valence-electron chi connectivity index (χ4n) is 3.40. The standard InChI is InChI=1S/C18H21N5.ClH/c1-22-10-9-21-18(22)16-12-19-8-11-23(16)13-15-5-2-4-14-6-3-7-20-17(14)15;/h2-7,9-10,16,19H,8,11-13H2,1H3;1H. The Morgan fingerprint density at radius 1 is 1.17 bits per heavy atom. The molecule has 1 aromatic carbocycles. The van der Waals surface area contributed by atoms with E-state index in [0.29, 0.717) is 6.04 Å². The maximum Gasteiger partial charge on any atom is 0.127 e. The lowest BCUT2D eigenvalue weighted by Crippen LogP contribution is -2.46. The number of hydrogen-bond donors (Lipinski definition) is 1. The zero-order chi connectivity index (χ0) is 15.6. The molecule has 24 heavy (non-hydrogen) atoms. The molecule has 4 rings (SSSR count). The second-order valence-corrected chi connectivity index (χ2v) is 6.08. The molecule has 5 nitrogen and oxygen atoms in total. The third-order valence-electron chi connectivity index (χ3n) is 4.60. The molecule has 0 spiro atoms. The van der Waals surface area contributed by atoms with Gasteiger partial charge in [0.25, 0.3) is 0 Å².